The van der Waals surface area contributed by atoms with E-state index in [1.165, 1.54) is 7.11 Å². The summed E-state index contributed by atoms with van der Waals surface area (Å²) in [6.45, 7) is 0.209. The number of pyridine rings is 1. The molecule has 1 heterocycles. The molecule has 4 heteroatoms. The van der Waals surface area contributed by atoms with E-state index in [-0.39, 0.29) is 12.3 Å². The largest absolute Gasteiger partial charge is 0.464 e. The van der Waals surface area contributed by atoms with Crippen molar-refractivity contribution in [1.82, 2.24) is 4.98 Å². The molecule has 0 aliphatic heterocycles. The molecule has 0 bridgehead atoms. The Balaban J connectivity index is 1.70. The second kappa shape index (κ2) is 7.66. The first kappa shape index (κ1) is 16.8. The number of ether oxygens (including phenoxy) is 1. The monoisotopic (exact) mass is 331 g/mol. The van der Waals surface area contributed by atoms with Crippen LogP contribution >= 0.6 is 0 Å². The molecule has 0 saturated heterocycles. The first-order chi connectivity index (χ1) is 12.2. The van der Waals surface area contributed by atoms with Gasteiger partial charge in [-0.2, -0.15) is 0 Å². The van der Waals surface area contributed by atoms with Gasteiger partial charge in [-0.05, 0) is 59.6 Å². The van der Waals surface area contributed by atoms with Crippen molar-refractivity contribution in [2.24, 2.45) is 11.8 Å². The van der Waals surface area contributed by atoms with E-state index in [0.29, 0.717) is 11.8 Å². The van der Waals surface area contributed by atoms with Gasteiger partial charge in [-0.1, -0.05) is 24.0 Å². The van der Waals surface area contributed by atoms with Gasteiger partial charge in [-0.25, -0.2) is 9.78 Å². The fourth-order valence-corrected chi connectivity index (χ4v) is 2.43. The van der Waals surface area contributed by atoms with Crippen LogP contribution in [-0.4, -0.2) is 29.8 Å². The Hall–Kier alpha value is -3.08. The topological polar surface area (TPSA) is 59.4 Å². The molecule has 1 saturated carbocycles. The van der Waals surface area contributed by atoms with Gasteiger partial charge in [-0.3, -0.25) is 0 Å². The molecule has 0 amide bonds. The molecule has 2 aromatic rings. The van der Waals surface area contributed by atoms with Crippen molar-refractivity contribution in [3.63, 3.8) is 0 Å². The summed E-state index contributed by atoms with van der Waals surface area (Å²) in [5.41, 5.74) is 3.00. The summed E-state index contributed by atoms with van der Waals surface area (Å²) in [4.78, 5) is 15.6. The van der Waals surface area contributed by atoms with E-state index < -0.39 is 5.97 Å². The van der Waals surface area contributed by atoms with Crippen molar-refractivity contribution in [1.29, 1.82) is 0 Å². The molecule has 0 spiro atoms. The van der Waals surface area contributed by atoms with Crippen LogP contribution in [0.15, 0.2) is 42.6 Å². The van der Waals surface area contributed by atoms with Crippen LogP contribution in [0, 0.1) is 35.5 Å². The lowest BCUT2D eigenvalue weighted by Crippen LogP contribution is -2.03. The van der Waals surface area contributed by atoms with Gasteiger partial charge in [0.2, 0.25) is 0 Å². The molecule has 25 heavy (non-hydrogen) atoms. The molecule has 1 aliphatic carbocycles. The third-order valence-corrected chi connectivity index (χ3v) is 4.06. The lowest BCUT2D eigenvalue weighted by molar-refractivity contribution is 0.0594. The number of benzene rings is 1. The number of hydrogen-bond donors (Lipinski definition) is 1. The number of methoxy groups -OCH3 is 1. The summed E-state index contributed by atoms with van der Waals surface area (Å²) in [7, 11) is 1.33. The molecule has 1 aromatic heterocycles. The summed E-state index contributed by atoms with van der Waals surface area (Å²) in [5.74, 6) is 11.9. The third-order valence-electron chi connectivity index (χ3n) is 4.06. The SMILES string of the molecule is COC(=O)c1cc(-c2ccc(C#CC#CC3CC3CO)cc2)ccn1. The number of rotatable bonds is 3. The summed E-state index contributed by atoms with van der Waals surface area (Å²) in [6.07, 6.45) is 2.56. The summed E-state index contributed by atoms with van der Waals surface area (Å²) in [6, 6.07) is 11.2. The average Bonchev–Trinajstić information content (AvgIpc) is 3.44. The number of aromatic nitrogens is 1. The van der Waals surface area contributed by atoms with Crippen LogP contribution in [0.2, 0.25) is 0 Å². The van der Waals surface area contributed by atoms with Gasteiger partial charge in [0, 0.05) is 24.3 Å². The average molecular weight is 331 g/mol. The Morgan fingerprint density at radius 1 is 1.24 bits per heavy atom. The van der Waals surface area contributed by atoms with Gasteiger partial charge < -0.3 is 9.84 Å². The molecule has 3 rings (SSSR count). The van der Waals surface area contributed by atoms with E-state index in [0.717, 1.165) is 23.1 Å². The second-order valence-corrected chi connectivity index (χ2v) is 5.80. The van der Waals surface area contributed by atoms with Crippen LogP contribution in [0.3, 0.4) is 0 Å². The minimum Gasteiger partial charge on any atom is -0.464 e. The van der Waals surface area contributed by atoms with Crippen molar-refractivity contribution in [3.8, 4) is 34.8 Å². The smallest absolute Gasteiger partial charge is 0.356 e. The first-order valence-corrected chi connectivity index (χ1v) is 7.98. The number of hydrogen-bond acceptors (Lipinski definition) is 4. The van der Waals surface area contributed by atoms with E-state index in [9.17, 15) is 4.79 Å². The van der Waals surface area contributed by atoms with Crippen LogP contribution in [0.25, 0.3) is 11.1 Å². The molecule has 1 aromatic carbocycles. The molecule has 0 radical (unpaired) electrons. The summed E-state index contributed by atoms with van der Waals surface area (Å²) in [5, 5.41) is 8.96. The number of aliphatic hydroxyl groups is 1. The second-order valence-electron chi connectivity index (χ2n) is 5.80. The first-order valence-electron chi connectivity index (χ1n) is 7.98. The van der Waals surface area contributed by atoms with E-state index in [2.05, 4.69) is 33.4 Å². The van der Waals surface area contributed by atoms with Crippen molar-refractivity contribution >= 4 is 5.97 Å². The molecule has 2 unspecified atom stereocenters. The standard InChI is InChI=1S/C21H17NO3/c1-25-21(24)20-13-18(10-11-22-20)16-8-6-15(7-9-16)4-2-3-5-17-12-19(17)14-23/h6-11,13,17,19,23H,12,14H2,1H3. The highest BCUT2D eigenvalue weighted by atomic mass is 16.5. The Bertz CT molecular complexity index is 894. The number of carbonyl (C=O) groups is 1. The van der Waals surface area contributed by atoms with Crippen LogP contribution in [-0.2, 0) is 4.74 Å². The van der Waals surface area contributed by atoms with Gasteiger partial charge in [-0.15, -0.1) is 0 Å². The Kier molecular flexibility index (Phi) is 5.14. The lowest BCUT2D eigenvalue weighted by Gasteiger charge is -2.04. The summed E-state index contributed by atoms with van der Waals surface area (Å²) < 4.78 is 4.69. The highest BCUT2D eigenvalue weighted by molar-refractivity contribution is 5.88. The Morgan fingerprint density at radius 3 is 2.72 bits per heavy atom. The Morgan fingerprint density at radius 2 is 2.04 bits per heavy atom. The molecule has 1 N–H and O–H groups in total. The van der Waals surface area contributed by atoms with Gasteiger partial charge in [0.25, 0.3) is 0 Å². The number of carbonyl (C=O) groups excluding carboxylic acids is 1. The molecular formula is C21H17NO3. The fourth-order valence-electron chi connectivity index (χ4n) is 2.43. The van der Waals surface area contributed by atoms with Gasteiger partial charge in [0.1, 0.15) is 5.69 Å². The van der Waals surface area contributed by atoms with Gasteiger partial charge in [0.05, 0.1) is 7.11 Å². The zero-order valence-corrected chi connectivity index (χ0v) is 13.8. The van der Waals surface area contributed by atoms with Crippen LogP contribution in [0.5, 0.6) is 0 Å². The summed E-state index contributed by atoms with van der Waals surface area (Å²) >= 11 is 0. The molecule has 1 aliphatic rings. The Labute approximate surface area is 146 Å². The minimum atomic E-state index is -0.456. The molecule has 124 valence electrons. The fraction of sp³-hybridized carbons (Fsp3) is 0.238. The van der Waals surface area contributed by atoms with Crippen molar-refractivity contribution in [2.45, 2.75) is 6.42 Å². The number of esters is 1. The van der Waals surface area contributed by atoms with E-state index in [1.807, 2.05) is 30.3 Å². The van der Waals surface area contributed by atoms with Crippen LogP contribution < -0.4 is 0 Å². The maximum absolute atomic E-state index is 11.6. The van der Waals surface area contributed by atoms with Crippen LogP contribution in [0.1, 0.15) is 22.5 Å². The van der Waals surface area contributed by atoms with Gasteiger partial charge in [0.15, 0.2) is 0 Å². The molecule has 1 fully saturated rings. The number of nitrogens with zero attached hydrogens (tertiary/aromatic N) is 1. The minimum absolute atomic E-state index is 0.209. The van der Waals surface area contributed by atoms with Crippen molar-refractivity contribution in [3.05, 3.63) is 53.9 Å². The highest BCUT2D eigenvalue weighted by Gasteiger charge is 2.34. The lowest BCUT2D eigenvalue weighted by atomic mass is 10.0. The third kappa shape index (κ3) is 4.26. The highest BCUT2D eigenvalue weighted by Crippen LogP contribution is 2.36. The molecule has 4 nitrogen and oxygen atoms in total. The van der Waals surface area contributed by atoms with E-state index in [4.69, 9.17) is 5.11 Å². The van der Waals surface area contributed by atoms with Gasteiger partial charge >= 0.3 is 5.97 Å². The molecular weight excluding hydrogens is 314 g/mol. The zero-order valence-electron chi connectivity index (χ0n) is 13.8. The zero-order chi connectivity index (χ0) is 17.6. The predicted molar refractivity (Wildman–Crippen MR) is 94.3 cm³/mol. The quantitative estimate of drug-likeness (QED) is 0.693. The van der Waals surface area contributed by atoms with E-state index in [1.54, 1.807) is 12.3 Å². The normalized spacial score (nSPS) is 17.5. The predicted octanol–water partition coefficient (Wildman–Crippen LogP) is 2.52. The van der Waals surface area contributed by atoms with Crippen molar-refractivity contribution in [2.75, 3.05) is 13.7 Å². The van der Waals surface area contributed by atoms with Crippen LogP contribution in [0.4, 0.5) is 0 Å². The maximum atomic E-state index is 11.6. The molecule has 2 atom stereocenters. The maximum Gasteiger partial charge on any atom is 0.356 e. The van der Waals surface area contributed by atoms with Crippen molar-refractivity contribution < 1.29 is 14.6 Å². The van der Waals surface area contributed by atoms with E-state index >= 15 is 0 Å². The number of aliphatic hydroxyl groups excluding tert-OH is 1.